The number of thiocarbonyl (C=S) groups is 1. The van der Waals surface area contributed by atoms with Gasteiger partial charge in [-0.25, -0.2) is 0 Å². The maximum absolute atomic E-state index is 5.24. The second-order valence-electron chi connectivity index (χ2n) is 4.32. The molecule has 1 aromatic carbocycles. The zero-order chi connectivity index (χ0) is 11.1. The summed E-state index contributed by atoms with van der Waals surface area (Å²) in [6.07, 6.45) is 1.09. The fourth-order valence-electron chi connectivity index (χ4n) is 2.46. The van der Waals surface area contributed by atoms with Crippen LogP contribution >= 0.6 is 12.2 Å². The van der Waals surface area contributed by atoms with Gasteiger partial charge < -0.3 is 9.88 Å². The Labute approximate surface area is 100 Å². The number of hydrogen-bond donors (Lipinski definition) is 1. The van der Waals surface area contributed by atoms with Crippen molar-refractivity contribution in [1.82, 2.24) is 9.88 Å². The van der Waals surface area contributed by atoms with Crippen LogP contribution in [0.3, 0.4) is 0 Å². The van der Waals surface area contributed by atoms with Gasteiger partial charge in [-0.3, -0.25) is 0 Å². The number of para-hydroxylation sites is 1. The maximum atomic E-state index is 5.24. The van der Waals surface area contributed by atoms with Crippen LogP contribution in [-0.2, 0) is 13.0 Å². The number of benzene rings is 1. The van der Waals surface area contributed by atoms with Crippen LogP contribution in [0.2, 0.25) is 0 Å². The monoisotopic (exact) mass is 230 g/mol. The lowest BCUT2D eigenvalue weighted by molar-refractivity contribution is 0.395. The highest BCUT2D eigenvalue weighted by atomic mass is 32.1. The molecular weight excluding hydrogens is 216 g/mol. The van der Waals surface area contributed by atoms with E-state index in [4.69, 9.17) is 12.2 Å². The summed E-state index contributed by atoms with van der Waals surface area (Å²) in [6, 6.07) is 8.52. The molecule has 0 amide bonds. The van der Waals surface area contributed by atoms with Crippen LogP contribution in [0.1, 0.15) is 18.2 Å². The van der Waals surface area contributed by atoms with Crippen LogP contribution in [0, 0.1) is 0 Å². The van der Waals surface area contributed by atoms with E-state index in [1.165, 1.54) is 22.2 Å². The third-order valence-electron chi connectivity index (χ3n) is 3.33. The topological polar surface area (TPSA) is 19.0 Å². The van der Waals surface area contributed by atoms with Gasteiger partial charge in [-0.05, 0) is 25.0 Å². The highest BCUT2D eigenvalue weighted by Gasteiger charge is 2.20. The first-order valence-corrected chi connectivity index (χ1v) is 6.00. The molecule has 2 nitrogen and oxygen atoms in total. The van der Waals surface area contributed by atoms with Crippen LogP contribution < -0.4 is 0 Å². The van der Waals surface area contributed by atoms with Gasteiger partial charge in [-0.15, -0.1) is 0 Å². The SMILES string of the molecule is CC(=S)N1CCc2c([nH]c3ccccc23)C1. The summed E-state index contributed by atoms with van der Waals surface area (Å²) in [5.41, 5.74) is 4.05. The Morgan fingerprint density at radius 1 is 1.38 bits per heavy atom. The Balaban J connectivity index is 2.09. The number of nitrogens with zero attached hydrogens (tertiary/aromatic N) is 1. The highest BCUT2D eigenvalue weighted by molar-refractivity contribution is 7.80. The van der Waals surface area contributed by atoms with Crippen molar-refractivity contribution >= 4 is 28.1 Å². The van der Waals surface area contributed by atoms with Crippen LogP contribution in [0.5, 0.6) is 0 Å². The van der Waals surface area contributed by atoms with Crippen molar-refractivity contribution in [3.63, 3.8) is 0 Å². The predicted molar refractivity (Wildman–Crippen MR) is 70.7 cm³/mol. The molecule has 1 N–H and O–H groups in total. The van der Waals surface area contributed by atoms with E-state index < -0.39 is 0 Å². The molecule has 0 spiro atoms. The molecule has 3 heteroatoms. The molecule has 0 fully saturated rings. The third kappa shape index (κ3) is 1.43. The van der Waals surface area contributed by atoms with Crippen molar-refractivity contribution in [2.75, 3.05) is 6.54 Å². The van der Waals surface area contributed by atoms with Crippen molar-refractivity contribution in [3.05, 3.63) is 35.5 Å². The number of nitrogens with one attached hydrogen (secondary N) is 1. The Morgan fingerprint density at radius 2 is 2.19 bits per heavy atom. The van der Waals surface area contributed by atoms with E-state index in [1.54, 1.807) is 0 Å². The molecule has 0 unspecified atom stereocenters. The molecule has 1 aliphatic heterocycles. The minimum absolute atomic E-state index is 0.930. The summed E-state index contributed by atoms with van der Waals surface area (Å²) in [6.45, 7) is 3.98. The maximum Gasteiger partial charge on any atom is 0.0751 e. The summed E-state index contributed by atoms with van der Waals surface area (Å²) >= 11 is 5.24. The van der Waals surface area contributed by atoms with E-state index in [-0.39, 0.29) is 0 Å². The van der Waals surface area contributed by atoms with Crippen molar-refractivity contribution in [2.45, 2.75) is 19.9 Å². The molecule has 2 aromatic rings. The normalized spacial score (nSPS) is 15.2. The zero-order valence-corrected chi connectivity index (χ0v) is 10.1. The summed E-state index contributed by atoms with van der Waals surface area (Å²) in [5, 5.41) is 1.37. The molecule has 0 radical (unpaired) electrons. The van der Waals surface area contributed by atoms with Crippen LogP contribution in [0.4, 0.5) is 0 Å². The van der Waals surface area contributed by atoms with Gasteiger partial charge in [0.25, 0.3) is 0 Å². The Morgan fingerprint density at radius 3 is 3.00 bits per heavy atom. The molecule has 82 valence electrons. The summed E-state index contributed by atoms with van der Waals surface area (Å²) in [7, 11) is 0. The van der Waals surface area contributed by atoms with Crippen molar-refractivity contribution in [1.29, 1.82) is 0 Å². The molecule has 1 aliphatic rings. The number of rotatable bonds is 0. The van der Waals surface area contributed by atoms with E-state index in [0.29, 0.717) is 0 Å². The first kappa shape index (κ1) is 9.85. The van der Waals surface area contributed by atoms with E-state index in [9.17, 15) is 0 Å². The Kier molecular flexibility index (Phi) is 2.21. The first-order chi connectivity index (χ1) is 7.75. The lowest BCUT2D eigenvalue weighted by atomic mass is 10.0. The van der Waals surface area contributed by atoms with E-state index in [1.807, 2.05) is 6.92 Å². The number of H-pyrrole nitrogens is 1. The highest BCUT2D eigenvalue weighted by Crippen LogP contribution is 2.27. The van der Waals surface area contributed by atoms with Crippen LogP contribution in [0.25, 0.3) is 10.9 Å². The molecule has 0 bridgehead atoms. The standard InChI is InChI=1S/C13H14N2S/c1-9(16)15-7-6-11-10-4-2-3-5-12(10)14-13(11)8-15/h2-5,14H,6-8H2,1H3. The zero-order valence-electron chi connectivity index (χ0n) is 9.29. The number of aromatic amines is 1. The van der Waals surface area contributed by atoms with Crippen molar-refractivity contribution < 1.29 is 0 Å². The first-order valence-electron chi connectivity index (χ1n) is 5.59. The second-order valence-corrected chi connectivity index (χ2v) is 4.91. The number of hydrogen-bond acceptors (Lipinski definition) is 1. The molecule has 1 aromatic heterocycles. The minimum atomic E-state index is 0.930. The van der Waals surface area contributed by atoms with Crippen molar-refractivity contribution in [3.8, 4) is 0 Å². The summed E-state index contributed by atoms with van der Waals surface area (Å²) in [4.78, 5) is 6.75. The van der Waals surface area contributed by atoms with Gasteiger partial charge in [0.15, 0.2) is 0 Å². The van der Waals surface area contributed by atoms with Gasteiger partial charge >= 0.3 is 0 Å². The predicted octanol–water partition coefficient (Wildman–Crippen LogP) is 2.87. The minimum Gasteiger partial charge on any atom is -0.360 e. The average molecular weight is 230 g/mol. The molecule has 3 rings (SSSR count). The fourth-order valence-corrected chi connectivity index (χ4v) is 2.62. The van der Waals surface area contributed by atoms with Crippen LogP contribution in [-0.4, -0.2) is 21.4 Å². The molecule has 0 atom stereocenters. The van der Waals surface area contributed by atoms with Gasteiger partial charge in [0.1, 0.15) is 0 Å². The lowest BCUT2D eigenvalue weighted by Gasteiger charge is -2.27. The van der Waals surface area contributed by atoms with E-state index in [0.717, 1.165) is 24.5 Å². The second kappa shape index (κ2) is 3.59. The number of aromatic nitrogens is 1. The van der Waals surface area contributed by atoms with E-state index >= 15 is 0 Å². The van der Waals surface area contributed by atoms with Gasteiger partial charge in [0.05, 0.1) is 11.5 Å². The molecule has 0 aliphatic carbocycles. The summed E-state index contributed by atoms with van der Waals surface area (Å²) in [5.74, 6) is 0. The number of fused-ring (bicyclic) bond motifs is 3. The van der Waals surface area contributed by atoms with Gasteiger partial charge in [-0.2, -0.15) is 0 Å². The molecule has 2 heterocycles. The van der Waals surface area contributed by atoms with Crippen LogP contribution in [0.15, 0.2) is 24.3 Å². The largest absolute Gasteiger partial charge is 0.360 e. The van der Waals surface area contributed by atoms with Crippen molar-refractivity contribution in [2.24, 2.45) is 0 Å². The molecule has 0 saturated heterocycles. The Bertz CT molecular complexity index is 556. The van der Waals surface area contributed by atoms with Gasteiger partial charge in [-0.1, -0.05) is 30.4 Å². The van der Waals surface area contributed by atoms with Gasteiger partial charge in [0, 0.05) is 23.1 Å². The summed E-state index contributed by atoms with van der Waals surface area (Å²) < 4.78 is 0. The van der Waals surface area contributed by atoms with E-state index in [2.05, 4.69) is 34.1 Å². The Hall–Kier alpha value is -1.35. The fraction of sp³-hybridized carbons (Fsp3) is 0.308. The van der Waals surface area contributed by atoms with Gasteiger partial charge in [0.2, 0.25) is 0 Å². The third-order valence-corrected chi connectivity index (χ3v) is 3.59. The average Bonchev–Trinajstić information content (AvgIpc) is 2.66. The molecule has 16 heavy (non-hydrogen) atoms. The molecular formula is C13H14N2S. The lowest BCUT2D eigenvalue weighted by Crippen LogP contribution is -2.33. The quantitative estimate of drug-likeness (QED) is 0.702. The smallest absolute Gasteiger partial charge is 0.0751 e. The molecule has 0 saturated carbocycles.